The van der Waals surface area contributed by atoms with Crippen molar-refractivity contribution < 1.29 is 18.9 Å². The van der Waals surface area contributed by atoms with Crippen molar-refractivity contribution in [2.45, 2.75) is 40.7 Å². The first-order valence-electron chi connectivity index (χ1n) is 14.2. The lowest BCUT2D eigenvalue weighted by Crippen LogP contribution is -2.37. The van der Waals surface area contributed by atoms with E-state index in [1.807, 2.05) is 70.2 Å². The van der Waals surface area contributed by atoms with Gasteiger partial charge < -0.3 is 29.1 Å². The molecule has 4 aromatic rings. The third-order valence-corrected chi connectivity index (χ3v) is 7.45. The summed E-state index contributed by atoms with van der Waals surface area (Å²) >= 11 is 0. The Morgan fingerprint density at radius 1 is 1.05 bits per heavy atom. The van der Waals surface area contributed by atoms with Gasteiger partial charge in [0.2, 0.25) is 5.88 Å². The van der Waals surface area contributed by atoms with Crippen molar-refractivity contribution in [2.75, 3.05) is 36.5 Å². The number of benzene rings is 3. The zero-order chi connectivity index (χ0) is 29.1. The fourth-order valence-electron chi connectivity index (χ4n) is 5.40. The molecule has 8 nitrogen and oxygen atoms in total. The number of fused-ring (bicyclic) bond motifs is 2. The van der Waals surface area contributed by atoms with E-state index < -0.39 is 7.12 Å². The van der Waals surface area contributed by atoms with Gasteiger partial charge in [-0.25, -0.2) is 0 Å². The van der Waals surface area contributed by atoms with Crippen molar-refractivity contribution in [1.29, 1.82) is 0 Å². The van der Waals surface area contributed by atoms with Crippen molar-refractivity contribution >= 4 is 41.3 Å². The normalized spacial score (nSPS) is 15.1. The molecule has 0 aliphatic carbocycles. The number of anilines is 2. The van der Waals surface area contributed by atoms with E-state index in [1.165, 1.54) is 0 Å². The van der Waals surface area contributed by atoms with Crippen molar-refractivity contribution in [3.63, 3.8) is 0 Å². The van der Waals surface area contributed by atoms with Gasteiger partial charge in [-0.2, -0.15) is 0 Å². The molecule has 0 spiro atoms. The molecule has 0 bridgehead atoms. The van der Waals surface area contributed by atoms with E-state index in [0.717, 1.165) is 33.5 Å². The third kappa shape index (κ3) is 5.60. The zero-order valence-electron chi connectivity index (χ0n) is 24.2. The molecule has 41 heavy (non-hydrogen) atoms. The SMILES string of the molecule is CC.Cc1cc(C(C)Nc2ccccc2-c2ccc3c(c2)C=NOB3O)c2oc(N3CCOCC3)c(C)c(=O)c2c1. The lowest BCUT2D eigenvalue weighted by atomic mass is 9.75. The minimum Gasteiger partial charge on any atom is -0.440 e. The van der Waals surface area contributed by atoms with Gasteiger partial charge >= 0.3 is 7.12 Å². The number of hydrogen-bond donors (Lipinski definition) is 2. The maximum Gasteiger partial charge on any atom is 0.583 e. The molecule has 0 saturated carbocycles. The first kappa shape index (κ1) is 28.5. The Labute approximate surface area is 240 Å². The molecule has 1 atom stereocenters. The summed E-state index contributed by atoms with van der Waals surface area (Å²) in [4.78, 5) is 15.6. The highest BCUT2D eigenvalue weighted by Gasteiger charge is 2.26. The quantitative estimate of drug-likeness (QED) is 0.330. The summed E-state index contributed by atoms with van der Waals surface area (Å²) in [6.07, 6.45) is 1.61. The van der Waals surface area contributed by atoms with E-state index >= 15 is 0 Å². The molecule has 1 unspecified atom stereocenters. The van der Waals surface area contributed by atoms with Gasteiger partial charge in [0.05, 0.1) is 36.4 Å². The van der Waals surface area contributed by atoms with Crippen LogP contribution in [0.2, 0.25) is 0 Å². The standard InChI is InChI=1S/C30H30BN3O5.C2H6/c1-18-14-24(29-25(15-18)28(35)19(2)30(38-29)34-10-12-37-13-11-34)20(3)33-27-7-5-4-6-23(27)21-8-9-26-22(16-21)17-32-39-31(26)36;1-2/h4-9,14-17,20,33,36H,10-13H2,1-3H3;1-2H3. The minimum absolute atomic E-state index is 0.00261. The molecule has 0 radical (unpaired) electrons. The van der Waals surface area contributed by atoms with E-state index in [2.05, 4.69) is 34.4 Å². The maximum atomic E-state index is 13.5. The molecular formula is C32H36BN3O5. The van der Waals surface area contributed by atoms with Crippen LogP contribution in [0.25, 0.3) is 22.1 Å². The topological polar surface area (TPSA) is 96.5 Å². The van der Waals surface area contributed by atoms with Crippen LogP contribution in [0.15, 0.2) is 69.0 Å². The molecule has 3 heterocycles. The Bertz CT molecular complexity index is 1640. The number of hydrogen-bond acceptors (Lipinski definition) is 8. The van der Waals surface area contributed by atoms with Crippen LogP contribution in [0.1, 0.15) is 49.1 Å². The summed E-state index contributed by atoms with van der Waals surface area (Å²) in [6, 6.07) is 17.7. The van der Waals surface area contributed by atoms with Gasteiger partial charge in [0.1, 0.15) is 5.58 Å². The number of oxime groups is 1. The molecule has 9 heteroatoms. The first-order valence-corrected chi connectivity index (χ1v) is 14.2. The number of nitrogens with one attached hydrogen (secondary N) is 1. The predicted octanol–water partition coefficient (Wildman–Crippen LogP) is 5.16. The van der Waals surface area contributed by atoms with Crippen LogP contribution >= 0.6 is 0 Å². The van der Waals surface area contributed by atoms with Gasteiger partial charge in [-0.1, -0.05) is 50.2 Å². The lowest BCUT2D eigenvalue weighted by Gasteiger charge is -2.29. The van der Waals surface area contributed by atoms with E-state index in [-0.39, 0.29) is 11.5 Å². The van der Waals surface area contributed by atoms with Crippen molar-refractivity contribution in [1.82, 2.24) is 0 Å². The largest absolute Gasteiger partial charge is 0.583 e. The molecule has 1 aromatic heterocycles. The molecule has 6 rings (SSSR count). The third-order valence-electron chi connectivity index (χ3n) is 7.45. The van der Waals surface area contributed by atoms with Crippen LogP contribution in [-0.2, 0) is 9.49 Å². The van der Waals surface area contributed by atoms with Crippen LogP contribution < -0.4 is 21.1 Å². The van der Waals surface area contributed by atoms with Gasteiger partial charge in [-0.3, -0.25) is 4.79 Å². The number of nitrogens with zero attached hydrogens (tertiary/aromatic N) is 2. The molecule has 2 N–H and O–H groups in total. The molecule has 0 amide bonds. The molecule has 2 aliphatic heterocycles. The highest BCUT2D eigenvalue weighted by atomic mass is 16.6. The Balaban J connectivity index is 0.00000165. The van der Waals surface area contributed by atoms with E-state index in [9.17, 15) is 9.82 Å². The summed E-state index contributed by atoms with van der Waals surface area (Å²) in [6.45, 7) is 12.5. The molecule has 1 saturated heterocycles. The number of morpholine rings is 1. The summed E-state index contributed by atoms with van der Waals surface area (Å²) in [5, 5.41) is 18.1. The molecule has 3 aromatic carbocycles. The fourth-order valence-corrected chi connectivity index (χ4v) is 5.40. The van der Waals surface area contributed by atoms with Gasteiger partial charge in [0.15, 0.2) is 5.43 Å². The summed E-state index contributed by atoms with van der Waals surface area (Å²) in [7, 11) is -1.07. The van der Waals surface area contributed by atoms with Crippen LogP contribution in [0.4, 0.5) is 11.6 Å². The van der Waals surface area contributed by atoms with Gasteiger partial charge in [0, 0.05) is 35.4 Å². The fraction of sp³-hybridized carbons (Fsp3) is 0.312. The van der Waals surface area contributed by atoms with Crippen LogP contribution in [0.3, 0.4) is 0 Å². The van der Waals surface area contributed by atoms with E-state index in [4.69, 9.17) is 13.9 Å². The van der Waals surface area contributed by atoms with Gasteiger partial charge in [-0.15, -0.1) is 5.16 Å². The minimum atomic E-state index is -1.07. The number of ether oxygens (including phenoxy) is 1. The highest BCUT2D eigenvalue weighted by Crippen LogP contribution is 2.35. The Kier molecular flexibility index (Phi) is 8.47. The van der Waals surface area contributed by atoms with Gasteiger partial charge in [-0.05, 0) is 55.7 Å². The summed E-state index contributed by atoms with van der Waals surface area (Å²) in [5.41, 5.74) is 7.56. The number of aryl methyl sites for hydroxylation is 1. The maximum absolute atomic E-state index is 13.5. The number of para-hydroxylation sites is 1. The second kappa shape index (κ2) is 12.2. The second-order valence-electron chi connectivity index (χ2n) is 10.1. The van der Waals surface area contributed by atoms with Crippen molar-refractivity contribution in [2.24, 2.45) is 5.16 Å². The van der Waals surface area contributed by atoms with Crippen LogP contribution in [0, 0.1) is 13.8 Å². The molecular weight excluding hydrogens is 517 g/mol. The average Bonchev–Trinajstić information content (AvgIpc) is 3.00. The van der Waals surface area contributed by atoms with Gasteiger partial charge in [0.25, 0.3) is 0 Å². The molecule has 2 aliphatic rings. The van der Waals surface area contributed by atoms with Crippen molar-refractivity contribution in [3.05, 3.63) is 87.1 Å². The number of rotatable bonds is 5. The van der Waals surface area contributed by atoms with E-state index in [0.29, 0.717) is 54.2 Å². The van der Waals surface area contributed by atoms with Crippen molar-refractivity contribution in [3.8, 4) is 11.1 Å². The Morgan fingerprint density at radius 2 is 1.80 bits per heavy atom. The average molecular weight is 553 g/mol. The summed E-state index contributed by atoms with van der Waals surface area (Å²) < 4.78 is 17.0. The first-order chi connectivity index (χ1) is 19.9. The Morgan fingerprint density at radius 3 is 2.59 bits per heavy atom. The summed E-state index contributed by atoms with van der Waals surface area (Å²) in [5.74, 6) is 0.621. The smallest absolute Gasteiger partial charge is 0.440 e. The highest BCUT2D eigenvalue weighted by molar-refractivity contribution is 6.62. The molecule has 212 valence electrons. The Hall–Kier alpha value is -4.08. The monoisotopic (exact) mass is 553 g/mol. The van der Waals surface area contributed by atoms with Crippen LogP contribution in [-0.4, -0.2) is 44.7 Å². The lowest BCUT2D eigenvalue weighted by molar-refractivity contribution is 0.120. The second-order valence-corrected chi connectivity index (χ2v) is 10.1. The zero-order valence-corrected chi connectivity index (χ0v) is 24.2. The van der Waals surface area contributed by atoms with E-state index in [1.54, 1.807) is 6.21 Å². The van der Waals surface area contributed by atoms with Crippen LogP contribution in [0.5, 0.6) is 0 Å². The molecule has 1 fully saturated rings. The predicted molar refractivity (Wildman–Crippen MR) is 167 cm³/mol.